The van der Waals surface area contributed by atoms with Crippen LogP contribution in [0.1, 0.15) is 25.2 Å². The molecule has 0 bridgehead atoms. The molecule has 5 heteroatoms. The highest BCUT2D eigenvalue weighted by molar-refractivity contribution is 6.76. The summed E-state index contributed by atoms with van der Waals surface area (Å²) in [6, 6.07) is 9.26. The van der Waals surface area contributed by atoms with E-state index in [4.69, 9.17) is 15.6 Å². The zero-order valence-electron chi connectivity index (χ0n) is 15.7. The standard InChI is InChI=1S/C19H31N3OSi/c1-6-17-19(15-8-10-16(20)11-9-15)18(7-2)22(21-17)14-23-12-13-24(3,4)5/h8-11H,6-7,12-14,20H2,1-5H3. The molecule has 1 heterocycles. The molecule has 24 heavy (non-hydrogen) atoms. The molecule has 0 unspecified atom stereocenters. The van der Waals surface area contributed by atoms with Gasteiger partial charge in [-0.3, -0.25) is 0 Å². The van der Waals surface area contributed by atoms with Gasteiger partial charge in [-0.1, -0.05) is 45.6 Å². The van der Waals surface area contributed by atoms with Gasteiger partial charge in [0.05, 0.1) is 5.69 Å². The molecule has 0 saturated heterocycles. The lowest BCUT2D eigenvalue weighted by Gasteiger charge is -2.16. The minimum Gasteiger partial charge on any atom is -0.399 e. The summed E-state index contributed by atoms with van der Waals surface area (Å²) < 4.78 is 7.96. The average Bonchev–Trinajstić information content (AvgIpc) is 2.89. The molecule has 2 N–H and O–H groups in total. The van der Waals surface area contributed by atoms with Crippen LogP contribution in [0.15, 0.2) is 24.3 Å². The molecular formula is C19H31N3OSi. The van der Waals surface area contributed by atoms with Gasteiger partial charge in [-0.15, -0.1) is 0 Å². The quantitative estimate of drug-likeness (QED) is 0.433. The highest BCUT2D eigenvalue weighted by Gasteiger charge is 2.18. The first-order valence-electron chi connectivity index (χ1n) is 8.88. The maximum atomic E-state index is 5.92. The molecule has 1 aromatic carbocycles. The van der Waals surface area contributed by atoms with E-state index in [1.165, 1.54) is 22.9 Å². The summed E-state index contributed by atoms with van der Waals surface area (Å²) in [4.78, 5) is 0. The molecule has 4 nitrogen and oxygen atoms in total. The Hall–Kier alpha value is -1.59. The third-order valence-electron chi connectivity index (χ3n) is 4.21. The molecule has 0 aliphatic rings. The summed E-state index contributed by atoms with van der Waals surface area (Å²) in [6.45, 7) is 12.8. The van der Waals surface area contributed by atoms with E-state index in [0.717, 1.165) is 30.8 Å². The lowest BCUT2D eigenvalue weighted by molar-refractivity contribution is 0.0764. The van der Waals surface area contributed by atoms with Gasteiger partial charge in [-0.25, -0.2) is 4.68 Å². The fourth-order valence-corrected chi connectivity index (χ4v) is 3.53. The maximum absolute atomic E-state index is 5.92. The lowest BCUT2D eigenvalue weighted by atomic mass is 10.0. The minimum absolute atomic E-state index is 0.537. The second kappa shape index (κ2) is 7.99. The molecular weight excluding hydrogens is 314 g/mol. The molecule has 2 rings (SSSR count). The first-order valence-corrected chi connectivity index (χ1v) is 12.6. The number of aryl methyl sites for hydroxylation is 1. The number of aromatic nitrogens is 2. The Morgan fingerprint density at radius 2 is 1.75 bits per heavy atom. The van der Waals surface area contributed by atoms with Crippen LogP contribution >= 0.6 is 0 Å². The summed E-state index contributed by atoms with van der Waals surface area (Å²) in [7, 11) is -1.05. The van der Waals surface area contributed by atoms with Crippen LogP contribution < -0.4 is 5.73 Å². The minimum atomic E-state index is -1.05. The van der Waals surface area contributed by atoms with Crippen molar-refractivity contribution < 1.29 is 4.74 Å². The number of anilines is 1. The molecule has 0 aliphatic heterocycles. The van der Waals surface area contributed by atoms with E-state index in [9.17, 15) is 0 Å². The van der Waals surface area contributed by atoms with Crippen molar-refractivity contribution in [2.75, 3.05) is 12.3 Å². The molecule has 0 radical (unpaired) electrons. The SMILES string of the molecule is CCc1nn(COCC[Si](C)(C)C)c(CC)c1-c1ccc(N)cc1. The zero-order valence-corrected chi connectivity index (χ0v) is 16.7. The van der Waals surface area contributed by atoms with Crippen molar-refractivity contribution in [1.29, 1.82) is 0 Å². The van der Waals surface area contributed by atoms with Crippen LogP contribution in [0, 0.1) is 0 Å². The van der Waals surface area contributed by atoms with Crippen LogP contribution in [-0.4, -0.2) is 24.5 Å². The van der Waals surface area contributed by atoms with E-state index >= 15 is 0 Å². The average molecular weight is 346 g/mol. The number of ether oxygens (including phenoxy) is 1. The van der Waals surface area contributed by atoms with Gasteiger partial charge in [0.15, 0.2) is 0 Å². The first kappa shape index (κ1) is 18.7. The van der Waals surface area contributed by atoms with Gasteiger partial charge in [0, 0.05) is 31.6 Å². The summed E-state index contributed by atoms with van der Waals surface area (Å²) in [5, 5.41) is 4.80. The second-order valence-electron chi connectivity index (χ2n) is 7.45. The number of rotatable bonds is 8. The van der Waals surface area contributed by atoms with E-state index < -0.39 is 8.07 Å². The van der Waals surface area contributed by atoms with Crippen molar-refractivity contribution >= 4 is 13.8 Å². The number of hydrogen-bond donors (Lipinski definition) is 1. The van der Waals surface area contributed by atoms with Gasteiger partial charge < -0.3 is 10.5 Å². The molecule has 0 saturated carbocycles. The number of hydrogen-bond acceptors (Lipinski definition) is 3. The Bertz CT molecular complexity index is 656. The van der Waals surface area contributed by atoms with Crippen molar-refractivity contribution in [3.63, 3.8) is 0 Å². The van der Waals surface area contributed by atoms with Gasteiger partial charge in [0.25, 0.3) is 0 Å². The van der Waals surface area contributed by atoms with Crippen molar-refractivity contribution in [2.24, 2.45) is 0 Å². The van der Waals surface area contributed by atoms with Crippen LogP contribution in [0.3, 0.4) is 0 Å². The third kappa shape index (κ3) is 4.71. The fourth-order valence-electron chi connectivity index (χ4n) is 2.78. The maximum Gasteiger partial charge on any atom is 0.139 e. The Kier molecular flexibility index (Phi) is 6.24. The summed E-state index contributed by atoms with van der Waals surface area (Å²) in [6.07, 6.45) is 1.85. The first-order chi connectivity index (χ1) is 11.4. The van der Waals surface area contributed by atoms with Crippen molar-refractivity contribution in [2.45, 2.75) is 59.1 Å². The Balaban J connectivity index is 2.22. The van der Waals surface area contributed by atoms with Crippen LogP contribution in [0.5, 0.6) is 0 Å². The summed E-state index contributed by atoms with van der Waals surface area (Å²) >= 11 is 0. The molecule has 0 aliphatic carbocycles. The van der Waals surface area contributed by atoms with Gasteiger partial charge in [-0.2, -0.15) is 5.10 Å². The van der Waals surface area contributed by atoms with E-state index in [1.807, 2.05) is 16.8 Å². The molecule has 0 spiro atoms. The molecule has 1 aromatic heterocycles. The number of nitrogens with two attached hydrogens (primary N) is 1. The number of nitrogen functional groups attached to an aromatic ring is 1. The fraction of sp³-hybridized carbons (Fsp3) is 0.526. The molecule has 0 atom stereocenters. The highest BCUT2D eigenvalue weighted by atomic mass is 28.3. The topological polar surface area (TPSA) is 53.1 Å². The van der Waals surface area contributed by atoms with Crippen molar-refractivity contribution in [1.82, 2.24) is 9.78 Å². The predicted octanol–water partition coefficient (Wildman–Crippen LogP) is 4.57. The van der Waals surface area contributed by atoms with Crippen molar-refractivity contribution in [3.8, 4) is 11.1 Å². The Labute approximate surface area is 147 Å². The number of benzene rings is 1. The number of nitrogens with zero attached hydrogens (tertiary/aromatic N) is 2. The smallest absolute Gasteiger partial charge is 0.139 e. The molecule has 0 fully saturated rings. The van der Waals surface area contributed by atoms with Crippen LogP contribution in [0.4, 0.5) is 5.69 Å². The summed E-state index contributed by atoms with van der Waals surface area (Å²) in [5.41, 5.74) is 11.4. The van der Waals surface area contributed by atoms with E-state index in [1.54, 1.807) is 0 Å². The summed E-state index contributed by atoms with van der Waals surface area (Å²) in [5.74, 6) is 0. The largest absolute Gasteiger partial charge is 0.399 e. The van der Waals surface area contributed by atoms with Gasteiger partial charge >= 0.3 is 0 Å². The monoisotopic (exact) mass is 345 g/mol. The zero-order chi connectivity index (χ0) is 17.7. The van der Waals surface area contributed by atoms with Crippen molar-refractivity contribution in [3.05, 3.63) is 35.7 Å². The van der Waals surface area contributed by atoms with Crippen LogP contribution in [-0.2, 0) is 24.3 Å². The van der Waals surface area contributed by atoms with E-state index in [2.05, 4.69) is 45.6 Å². The molecule has 2 aromatic rings. The van der Waals surface area contributed by atoms with Gasteiger partial charge in [0.2, 0.25) is 0 Å². The van der Waals surface area contributed by atoms with Crippen LogP contribution in [0.2, 0.25) is 25.7 Å². The predicted molar refractivity (Wildman–Crippen MR) is 105 cm³/mol. The van der Waals surface area contributed by atoms with E-state index in [0.29, 0.717) is 6.73 Å². The molecule has 132 valence electrons. The van der Waals surface area contributed by atoms with Gasteiger partial charge in [0.1, 0.15) is 6.73 Å². The van der Waals surface area contributed by atoms with E-state index in [-0.39, 0.29) is 0 Å². The Morgan fingerprint density at radius 3 is 2.29 bits per heavy atom. The molecule has 0 amide bonds. The lowest BCUT2D eigenvalue weighted by Crippen LogP contribution is -2.22. The van der Waals surface area contributed by atoms with Crippen LogP contribution in [0.25, 0.3) is 11.1 Å². The normalized spacial score (nSPS) is 11.9. The highest BCUT2D eigenvalue weighted by Crippen LogP contribution is 2.29. The second-order valence-corrected chi connectivity index (χ2v) is 13.1. The third-order valence-corrected chi connectivity index (χ3v) is 5.91. The Morgan fingerprint density at radius 1 is 1.08 bits per heavy atom. The van der Waals surface area contributed by atoms with Gasteiger partial charge in [-0.05, 0) is 36.6 Å².